The summed E-state index contributed by atoms with van der Waals surface area (Å²) in [6.07, 6.45) is -2.77. The van der Waals surface area contributed by atoms with E-state index in [1.54, 1.807) is 32.2 Å². The molecule has 0 saturated carbocycles. The highest BCUT2D eigenvalue weighted by atomic mass is 19.4. The molecule has 0 radical (unpaired) electrons. The summed E-state index contributed by atoms with van der Waals surface area (Å²) in [5.41, 5.74) is 1.01. The molecule has 0 aliphatic rings. The maximum Gasteiger partial charge on any atom is 0.416 e. The molecule has 0 aliphatic carbocycles. The van der Waals surface area contributed by atoms with Gasteiger partial charge in [0.25, 0.3) is 5.56 Å². The van der Waals surface area contributed by atoms with Crippen molar-refractivity contribution in [3.8, 4) is 17.1 Å². The molecule has 2 N–H and O–H groups in total. The van der Waals surface area contributed by atoms with Crippen LogP contribution in [0.15, 0.2) is 47.4 Å². The topological polar surface area (TPSA) is 79.9 Å². The zero-order valence-corrected chi connectivity index (χ0v) is 15.8. The van der Waals surface area contributed by atoms with Crippen LogP contribution in [0.2, 0.25) is 0 Å². The molecule has 9 heteroatoms. The second-order valence-corrected chi connectivity index (χ2v) is 6.35. The molecule has 0 aliphatic heterocycles. The van der Waals surface area contributed by atoms with Gasteiger partial charge in [-0.05, 0) is 50.2 Å². The van der Waals surface area contributed by atoms with Crippen molar-refractivity contribution in [3.63, 3.8) is 0 Å². The Labute approximate surface area is 164 Å². The van der Waals surface area contributed by atoms with E-state index in [2.05, 4.69) is 20.3 Å². The Bertz CT molecular complexity index is 1030. The normalized spacial score (nSPS) is 11.3. The number of nitrogens with zero attached hydrogens (tertiary/aromatic N) is 2. The van der Waals surface area contributed by atoms with E-state index in [1.165, 1.54) is 12.1 Å². The largest absolute Gasteiger partial charge is 0.492 e. The zero-order valence-electron chi connectivity index (χ0n) is 15.8. The SMILES string of the molecule is Cc1nc(-c2ccc(NCCOc3ccc(C(F)(F)F)cc3)nc2)[nH]c(=O)c1C. The molecule has 0 fully saturated rings. The smallest absolute Gasteiger partial charge is 0.416 e. The summed E-state index contributed by atoms with van der Waals surface area (Å²) >= 11 is 0. The summed E-state index contributed by atoms with van der Waals surface area (Å²) in [6, 6.07) is 8.05. The number of benzene rings is 1. The molecule has 2 aromatic heterocycles. The third-order valence-corrected chi connectivity index (χ3v) is 4.29. The maximum absolute atomic E-state index is 12.5. The quantitative estimate of drug-likeness (QED) is 0.608. The third kappa shape index (κ3) is 5.13. The Balaban J connectivity index is 1.52. The number of alkyl halides is 3. The Hall–Kier alpha value is -3.36. The average molecular weight is 404 g/mol. The van der Waals surface area contributed by atoms with Crippen molar-refractivity contribution in [3.05, 3.63) is 69.8 Å². The van der Waals surface area contributed by atoms with Crippen molar-refractivity contribution < 1.29 is 17.9 Å². The first-order chi connectivity index (χ1) is 13.7. The molecule has 0 spiro atoms. The van der Waals surface area contributed by atoms with Gasteiger partial charge in [0.1, 0.15) is 24.0 Å². The van der Waals surface area contributed by atoms with E-state index in [1.807, 2.05) is 0 Å². The monoisotopic (exact) mass is 404 g/mol. The van der Waals surface area contributed by atoms with Gasteiger partial charge in [0.05, 0.1) is 12.1 Å². The summed E-state index contributed by atoms with van der Waals surface area (Å²) in [7, 11) is 0. The van der Waals surface area contributed by atoms with Crippen LogP contribution < -0.4 is 15.6 Å². The molecule has 29 heavy (non-hydrogen) atoms. The number of aromatic nitrogens is 3. The number of halogens is 3. The highest BCUT2D eigenvalue weighted by Gasteiger charge is 2.29. The van der Waals surface area contributed by atoms with Crippen molar-refractivity contribution in [1.29, 1.82) is 0 Å². The average Bonchev–Trinajstić information content (AvgIpc) is 2.69. The number of aryl methyl sites for hydroxylation is 1. The Morgan fingerprint density at radius 1 is 1.10 bits per heavy atom. The van der Waals surface area contributed by atoms with Gasteiger partial charge in [-0.3, -0.25) is 4.79 Å². The van der Waals surface area contributed by atoms with Crippen LogP contribution >= 0.6 is 0 Å². The van der Waals surface area contributed by atoms with Crippen LogP contribution in [-0.4, -0.2) is 28.1 Å². The molecule has 0 unspecified atom stereocenters. The second-order valence-electron chi connectivity index (χ2n) is 6.35. The zero-order chi connectivity index (χ0) is 21.0. The minimum Gasteiger partial charge on any atom is -0.492 e. The fraction of sp³-hybridized carbons (Fsp3) is 0.250. The van der Waals surface area contributed by atoms with E-state index < -0.39 is 11.7 Å². The molecule has 3 aromatic rings. The molecule has 152 valence electrons. The number of pyridine rings is 1. The number of rotatable bonds is 6. The van der Waals surface area contributed by atoms with E-state index >= 15 is 0 Å². The summed E-state index contributed by atoms with van der Waals surface area (Å²) in [5.74, 6) is 1.40. The molecular formula is C20H19F3N4O2. The van der Waals surface area contributed by atoms with Crippen molar-refractivity contribution in [2.24, 2.45) is 0 Å². The number of hydrogen-bond donors (Lipinski definition) is 2. The summed E-state index contributed by atoms with van der Waals surface area (Å²) in [4.78, 5) is 23.2. The van der Waals surface area contributed by atoms with E-state index in [0.29, 0.717) is 40.8 Å². The Morgan fingerprint density at radius 3 is 2.41 bits per heavy atom. The lowest BCUT2D eigenvalue weighted by atomic mass is 10.2. The lowest BCUT2D eigenvalue weighted by Crippen LogP contribution is -2.14. The van der Waals surface area contributed by atoms with Crippen LogP contribution in [0.5, 0.6) is 5.75 Å². The fourth-order valence-electron chi connectivity index (χ4n) is 2.51. The number of hydrogen-bond acceptors (Lipinski definition) is 5. The van der Waals surface area contributed by atoms with Gasteiger partial charge >= 0.3 is 6.18 Å². The second kappa shape index (κ2) is 8.34. The van der Waals surface area contributed by atoms with Crippen LogP contribution in [0.25, 0.3) is 11.4 Å². The molecular weight excluding hydrogens is 385 g/mol. The van der Waals surface area contributed by atoms with Gasteiger partial charge < -0.3 is 15.0 Å². The Kier molecular flexibility index (Phi) is 5.86. The number of aromatic amines is 1. The van der Waals surface area contributed by atoms with Gasteiger partial charge in [-0.1, -0.05) is 0 Å². The molecule has 6 nitrogen and oxygen atoms in total. The van der Waals surface area contributed by atoms with Crippen molar-refractivity contribution in [2.75, 3.05) is 18.5 Å². The van der Waals surface area contributed by atoms with E-state index in [-0.39, 0.29) is 12.2 Å². The van der Waals surface area contributed by atoms with Gasteiger partial charge in [-0.25, -0.2) is 9.97 Å². The van der Waals surface area contributed by atoms with Gasteiger partial charge in [-0.2, -0.15) is 13.2 Å². The van der Waals surface area contributed by atoms with Gasteiger partial charge in [0, 0.05) is 23.0 Å². The van der Waals surface area contributed by atoms with E-state index in [4.69, 9.17) is 4.74 Å². The van der Waals surface area contributed by atoms with Crippen LogP contribution in [0.3, 0.4) is 0 Å². The lowest BCUT2D eigenvalue weighted by molar-refractivity contribution is -0.137. The van der Waals surface area contributed by atoms with Crippen LogP contribution in [0, 0.1) is 13.8 Å². The predicted octanol–water partition coefficient (Wildman–Crippen LogP) is 3.96. The summed E-state index contributed by atoms with van der Waals surface area (Å²) < 4.78 is 43.0. The third-order valence-electron chi connectivity index (χ3n) is 4.29. The Morgan fingerprint density at radius 2 is 1.83 bits per heavy atom. The number of anilines is 1. The molecule has 2 heterocycles. The van der Waals surface area contributed by atoms with Crippen molar-refractivity contribution >= 4 is 5.82 Å². The molecule has 0 saturated heterocycles. The van der Waals surface area contributed by atoms with Crippen molar-refractivity contribution in [1.82, 2.24) is 15.0 Å². The van der Waals surface area contributed by atoms with Crippen LogP contribution in [0.4, 0.5) is 19.0 Å². The number of H-pyrrole nitrogens is 1. The molecule has 0 amide bonds. The molecule has 0 atom stereocenters. The number of ether oxygens (including phenoxy) is 1. The standard InChI is InChI=1S/C20H19F3N4O2/c1-12-13(2)26-18(27-19(12)28)14-3-8-17(25-11-14)24-9-10-29-16-6-4-15(5-7-16)20(21,22)23/h3-8,11H,9-10H2,1-2H3,(H,24,25)(H,26,27,28). The van der Waals surface area contributed by atoms with Gasteiger partial charge in [0.2, 0.25) is 0 Å². The highest BCUT2D eigenvalue weighted by molar-refractivity contribution is 5.56. The van der Waals surface area contributed by atoms with E-state index in [9.17, 15) is 18.0 Å². The maximum atomic E-state index is 12.5. The van der Waals surface area contributed by atoms with Gasteiger partial charge in [0.15, 0.2) is 0 Å². The first-order valence-corrected chi connectivity index (χ1v) is 8.82. The fourth-order valence-corrected chi connectivity index (χ4v) is 2.51. The van der Waals surface area contributed by atoms with Crippen LogP contribution in [-0.2, 0) is 6.18 Å². The minimum absolute atomic E-state index is 0.185. The molecule has 3 rings (SSSR count). The molecule has 1 aromatic carbocycles. The highest BCUT2D eigenvalue weighted by Crippen LogP contribution is 2.30. The van der Waals surface area contributed by atoms with Crippen LogP contribution in [0.1, 0.15) is 16.8 Å². The summed E-state index contributed by atoms with van der Waals surface area (Å²) in [6.45, 7) is 4.14. The predicted molar refractivity (Wildman–Crippen MR) is 103 cm³/mol. The first kappa shape index (κ1) is 20.4. The van der Waals surface area contributed by atoms with Gasteiger partial charge in [-0.15, -0.1) is 0 Å². The lowest BCUT2D eigenvalue weighted by Gasteiger charge is -2.10. The molecule has 0 bridgehead atoms. The minimum atomic E-state index is -4.36. The number of nitrogens with one attached hydrogen (secondary N) is 2. The van der Waals surface area contributed by atoms with Crippen molar-refractivity contribution in [2.45, 2.75) is 20.0 Å². The van der Waals surface area contributed by atoms with E-state index in [0.717, 1.165) is 12.1 Å². The summed E-state index contributed by atoms with van der Waals surface area (Å²) in [5, 5.41) is 3.05. The first-order valence-electron chi connectivity index (χ1n) is 8.82.